The van der Waals surface area contributed by atoms with E-state index in [2.05, 4.69) is 12.1 Å². The summed E-state index contributed by atoms with van der Waals surface area (Å²) >= 11 is 0. The van der Waals surface area contributed by atoms with Crippen LogP contribution in [0.2, 0.25) is 0 Å². The Morgan fingerprint density at radius 3 is 2.65 bits per heavy atom. The number of hydrogen-bond donors (Lipinski definition) is 0. The molecule has 1 aromatic carbocycles. The van der Waals surface area contributed by atoms with Gasteiger partial charge in [0.2, 0.25) is 0 Å². The summed E-state index contributed by atoms with van der Waals surface area (Å²) in [5, 5.41) is 0. The second kappa shape index (κ2) is 5.78. The average molecular weight is 230 g/mol. The monoisotopic (exact) mass is 230 g/mol. The topological polar surface area (TPSA) is 26.3 Å². The lowest BCUT2D eigenvalue weighted by Crippen LogP contribution is -2.18. The van der Waals surface area contributed by atoms with Gasteiger partial charge in [-0.15, -0.1) is 0 Å². The Balaban J connectivity index is 1.95. The number of hydrogen-bond acceptors (Lipinski definition) is 2. The number of ketones is 1. The van der Waals surface area contributed by atoms with Crippen LogP contribution in [0.3, 0.4) is 0 Å². The van der Waals surface area contributed by atoms with E-state index in [0.29, 0.717) is 6.42 Å². The number of allylic oxidation sites excluding steroid dienone is 1. The van der Waals surface area contributed by atoms with E-state index in [1.165, 1.54) is 5.56 Å². The van der Waals surface area contributed by atoms with Gasteiger partial charge in [-0.05, 0) is 24.8 Å². The first-order valence-electron chi connectivity index (χ1n) is 6.11. The van der Waals surface area contributed by atoms with Crippen LogP contribution >= 0.6 is 0 Å². The second-order valence-corrected chi connectivity index (χ2v) is 4.37. The maximum absolute atomic E-state index is 11.6. The minimum absolute atomic E-state index is 0.0368. The molecule has 90 valence electrons. The lowest BCUT2D eigenvalue weighted by atomic mass is 10.0. The van der Waals surface area contributed by atoms with E-state index in [0.717, 1.165) is 24.8 Å². The quantitative estimate of drug-likeness (QED) is 0.777. The highest BCUT2D eigenvalue weighted by molar-refractivity contribution is 5.98. The van der Waals surface area contributed by atoms with E-state index in [4.69, 9.17) is 4.74 Å². The first-order chi connectivity index (χ1) is 8.31. The molecule has 0 amide bonds. The zero-order chi connectivity index (χ0) is 12.1. The van der Waals surface area contributed by atoms with Gasteiger partial charge in [-0.2, -0.15) is 0 Å². The summed E-state index contributed by atoms with van der Waals surface area (Å²) in [4.78, 5) is 11.6. The van der Waals surface area contributed by atoms with Gasteiger partial charge in [-0.25, -0.2) is 0 Å². The molecule has 17 heavy (non-hydrogen) atoms. The zero-order valence-corrected chi connectivity index (χ0v) is 10.2. The van der Waals surface area contributed by atoms with E-state index in [1.54, 1.807) is 7.11 Å². The van der Waals surface area contributed by atoms with Gasteiger partial charge in [0.05, 0.1) is 6.10 Å². The second-order valence-electron chi connectivity index (χ2n) is 4.37. The molecule has 0 aromatic heterocycles. The van der Waals surface area contributed by atoms with Crippen LogP contribution in [0.5, 0.6) is 0 Å². The molecule has 0 radical (unpaired) electrons. The van der Waals surface area contributed by atoms with Gasteiger partial charge in [-0.1, -0.05) is 36.4 Å². The molecular formula is C15H18O2. The SMILES string of the molecule is COC(CCc1ccccc1)C1=CCCC1=O. The van der Waals surface area contributed by atoms with Crippen LogP contribution in [-0.2, 0) is 16.0 Å². The molecule has 1 atom stereocenters. The van der Waals surface area contributed by atoms with Crippen molar-refractivity contribution in [2.45, 2.75) is 31.8 Å². The Bertz CT molecular complexity index is 406. The van der Waals surface area contributed by atoms with Gasteiger partial charge >= 0.3 is 0 Å². The molecule has 0 bridgehead atoms. The fraction of sp³-hybridized carbons (Fsp3) is 0.400. The standard InChI is InChI=1S/C15H18O2/c1-17-15(13-8-5-9-14(13)16)11-10-12-6-3-2-4-7-12/h2-4,6-8,15H,5,9-11H2,1H3. The van der Waals surface area contributed by atoms with E-state index in [1.807, 2.05) is 24.3 Å². The highest BCUT2D eigenvalue weighted by atomic mass is 16.5. The molecule has 2 heteroatoms. The van der Waals surface area contributed by atoms with E-state index in [-0.39, 0.29) is 11.9 Å². The smallest absolute Gasteiger partial charge is 0.161 e. The third-order valence-corrected chi connectivity index (χ3v) is 3.23. The molecule has 0 spiro atoms. The fourth-order valence-corrected chi connectivity index (χ4v) is 2.27. The average Bonchev–Trinajstić information content (AvgIpc) is 2.78. The molecule has 0 saturated heterocycles. The van der Waals surface area contributed by atoms with Crippen molar-refractivity contribution in [2.75, 3.05) is 7.11 Å². The van der Waals surface area contributed by atoms with Gasteiger partial charge in [0, 0.05) is 19.1 Å². The molecule has 1 unspecified atom stereocenters. The number of rotatable bonds is 5. The van der Waals surface area contributed by atoms with Crippen LogP contribution in [0.15, 0.2) is 42.0 Å². The van der Waals surface area contributed by atoms with E-state index >= 15 is 0 Å². The van der Waals surface area contributed by atoms with Crippen LogP contribution < -0.4 is 0 Å². The summed E-state index contributed by atoms with van der Waals surface area (Å²) in [5.41, 5.74) is 2.17. The number of methoxy groups -OCH3 is 1. The minimum atomic E-state index is -0.0368. The molecule has 0 N–H and O–H groups in total. The van der Waals surface area contributed by atoms with Crippen molar-refractivity contribution in [3.05, 3.63) is 47.5 Å². The van der Waals surface area contributed by atoms with Crippen LogP contribution in [0.1, 0.15) is 24.8 Å². The van der Waals surface area contributed by atoms with Crippen LogP contribution in [0.4, 0.5) is 0 Å². The van der Waals surface area contributed by atoms with E-state index in [9.17, 15) is 4.79 Å². The Morgan fingerprint density at radius 1 is 1.29 bits per heavy atom. The van der Waals surface area contributed by atoms with Crippen LogP contribution in [0.25, 0.3) is 0 Å². The number of ether oxygens (including phenoxy) is 1. The summed E-state index contributed by atoms with van der Waals surface area (Å²) in [6, 6.07) is 10.3. The first-order valence-corrected chi connectivity index (χ1v) is 6.11. The molecule has 0 heterocycles. The van der Waals surface area contributed by atoms with Crippen molar-refractivity contribution >= 4 is 5.78 Å². The summed E-state index contributed by atoms with van der Waals surface area (Å²) < 4.78 is 5.44. The van der Waals surface area contributed by atoms with Crippen LogP contribution in [0, 0.1) is 0 Å². The van der Waals surface area contributed by atoms with Gasteiger partial charge < -0.3 is 4.74 Å². The van der Waals surface area contributed by atoms with Crippen molar-refractivity contribution in [3.63, 3.8) is 0 Å². The van der Waals surface area contributed by atoms with Crippen molar-refractivity contribution in [1.29, 1.82) is 0 Å². The third-order valence-electron chi connectivity index (χ3n) is 3.23. The molecule has 2 rings (SSSR count). The number of Topliss-reactive ketones (excluding diaryl/α,β-unsaturated/α-hetero) is 1. The summed E-state index contributed by atoms with van der Waals surface area (Å²) in [6.07, 6.45) is 5.34. The molecular weight excluding hydrogens is 212 g/mol. The fourth-order valence-electron chi connectivity index (χ4n) is 2.27. The minimum Gasteiger partial charge on any atom is -0.377 e. The summed E-state index contributed by atoms with van der Waals surface area (Å²) in [5.74, 6) is 0.255. The number of carbonyl (C=O) groups is 1. The number of benzene rings is 1. The first kappa shape index (κ1) is 12.1. The molecule has 0 aliphatic heterocycles. The lowest BCUT2D eigenvalue weighted by molar-refractivity contribution is -0.116. The highest BCUT2D eigenvalue weighted by Crippen LogP contribution is 2.22. The third kappa shape index (κ3) is 3.04. The molecule has 2 nitrogen and oxygen atoms in total. The maximum Gasteiger partial charge on any atom is 0.161 e. The van der Waals surface area contributed by atoms with Crippen LogP contribution in [-0.4, -0.2) is 19.0 Å². The normalized spacial score (nSPS) is 17.0. The van der Waals surface area contributed by atoms with Gasteiger partial charge in [-0.3, -0.25) is 4.79 Å². The lowest BCUT2D eigenvalue weighted by Gasteiger charge is -2.15. The number of carbonyl (C=O) groups excluding carboxylic acids is 1. The largest absolute Gasteiger partial charge is 0.377 e. The van der Waals surface area contributed by atoms with Gasteiger partial charge in [0.25, 0.3) is 0 Å². The van der Waals surface area contributed by atoms with E-state index < -0.39 is 0 Å². The Labute approximate surface area is 102 Å². The number of aryl methyl sites for hydroxylation is 1. The predicted molar refractivity (Wildman–Crippen MR) is 67.9 cm³/mol. The Hall–Kier alpha value is -1.41. The summed E-state index contributed by atoms with van der Waals surface area (Å²) in [7, 11) is 1.68. The zero-order valence-electron chi connectivity index (χ0n) is 10.2. The molecule has 1 aliphatic rings. The molecule has 1 aliphatic carbocycles. The van der Waals surface area contributed by atoms with Crippen molar-refractivity contribution in [2.24, 2.45) is 0 Å². The Kier molecular flexibility index (Phi) is 4.10. The molecule has 1 aromatic rings. The molecule has 0 fully saturated rings. The highest BCUT2D eigenvalue weighted by Gasteiger charge is 2.23. The van der Waals surface area contributed by atoms with Crippen molar-refractivity contribution < 1.29 is 9.53 Å². The van der Waals surface area contributed by atoms with Crippen molar-refractivity contribution in [3.8, 4) is 0 Å². The predicted octanol–water partition coefficient (Wildman–Crippen LogP) is 2.92. The molecule has 0 saturated carbocycles. The maximum atomic E-state index is 11.6. The summed E-state index contributed by atoms with van der Waals surface area (Å²) in [6.45, 7) is 0. The van der Waals surface area contributed by atoms with Crippen molar-refractivity contribution in [1.82, 2.24) is 0 Å². The Morgan fingerprint density at radius 2 is 2.06 bits per heavy atom. The van der Waals surface area contributed by atoms with Gasteiger partial charge in [0.1, 0.15) is 0 Å². The van der Waals surface area contributed by atoms with Gasteiger partial charge in [0.15, 0.2) is 5.78 Å².